The van der Waals surface area contributed by atoms with Gasteiger partial charge in [0.25, 0.3) is 5.91 Å². The van der Waals surface area contributed by atoms with Gasteiger partial charge in [-0.3, -0.25) is 14.9 Å². The minimum absolute atomic E-state index is 0.0661. The predicted molar refractivity (Wildman–Crippen MR) is 93.3 cm³/mol. The van der Waals surface area contributed by atoms with Crippen LogP contribution in [0.1, 0.15) is 27.5 Å². The van der Waals surface area contributed by atoms with Crippen molar-refractivity contribution < 1.29 is 14.0 Å². The molecule has 3 aromatic rings. The molecule has 0 aromatic carbocycles. The lowest BCUT2D eigenvalue weighted by atomic mass is 10.2. The number of nitrogens with one attached hydrogen (secondary N) is 2. The SMILES string of the molecule is O=C(CCc1csc(NC(=O)c2cccs2)n1)NCc1ccco1. The molecule has 0 saturated heterocycles. The number of amides is 2. The number of nitrogens with zero attached hydrogens (tertiary/aromatic N) is 1. The Morgan fingerprint density at radius 1 is 1.21 bits per heavy atom. The summed E-state index contributed by atoms with van der Waals surface area (Å²) in [4.78, 5) is 28.7. The summed E-state index contributed by atoms with van der Waals surface area (Å²) in [5, 5.41) is 9.79. The van der Waals surface area contributed by atoms with E-state index in [0.717, 1.165) is 11.5 Å². The molecular formula is C16H15N3O3S2. The van der Waals surface area contributed by atoms with Crippen LogP contribution >= 0.6 is 22.7 Å². The van der Waals surface area contributed by atoms with E-state index in [1.165, 1.54) is 22.7 Å². The summed E-state index contributed by atoms with van der Waals surface area (Å²) in [7, 11) is 0. The molecular weight excluding hydrogens is 346 g/mol. The lowest BCUT2D eigenvalue weighted by Gasteiger charge is -2.02. The topological polar surface area (TPSA) is 84.2 Å². The van der Waals surface area contributed by atoms with E-state index >= 15 is 0 Å². The van der Waals surface area contributed by atoms with Gasteiger partial charge >= 0.3 is 0 Å². The van der Waals surface area contributed by atoms with E-state index < -0.39 is 0 Å². The molecule has 24 heavy (non-hydrogen) atoms. The molecule has 0 saturated carbocycles. The molecule has 3 heterocycles. The minimum Gasteiger partial charge on any atom is -0.467 e. The highest BCUT2D eigenvalue weighted by atomic mass is 32.1. The number of anilines is 1. The minimum atomic E-state index is -0.165. The Labute approximate surface area is 146 Å². The average Bonchev–Trinajstić information content (AvgIpc) is 3.32. The first-order valence-corrected chi connectivity index (χ1v) is 9.05. The second kappa shape index (κ2) is 7.89. The fourth-order valence-electron chi connectivity index (χ4n) is 1.97. The van der Waals surface area contributed by atoms with Crippen LogP contribution in [0.4, 0.5) is 5.13 Å². The largest absolute Gasteiger partial charge is 0.467 e. The molecule has 6 nitrogen and oxygen atoms in total. The smallest absolute Gasteiger partial charge is 0.267 e. The van der Waals surface area contributed by atoms with E-state index in [4.69, 9.17) is 4.42 Å². The number of hydrogen-bond acceptors (Lipinski definition) is 6. The molecule has 0 unspecified atom stereocenters. The van der Waals surface area contributed by atoms with Gasteiger partial charge in [0.2, 0.25) is 5.91 Å². The normalized spacial score (nSPS) is 10.5. The molecule has 124 valence electrons. The van der Waals surface area contributed by atoms with Gasteiger partial charge in [0, 0.05) is 11.8 Å². The zero-order valence-electron chi connectivity index (χ0n) is 12.7. The Balaban J connectivity index is 1.44. The molecule has 0 aliphatic carbocycles. The van der Waals surface area contributed by atoms with Crippen molar-refractivity contribution >= 4 is 39.6 Å². The van der Waals surface area contributed by atoms with Crippen LogP contribution in [0.2, 0.25) is 0 Å². The summed E-state index contributed by atoms with van der Waals surface area (Å²) >= 11 is 2.73. The molecule has 3 rings (SSSR count). The van der Waals surface area contributed by atoms with E-state index in [0.29, 0.717) is 29.4 Å². The summed E-state index contributed by atoms with van der Waals surface area (Å²) in [6.45, 7) is 0.380. The van der Waals surface area contributed by atoms with Crippen LogP contribution in [-0.2, 0) is 17.8 Å². The van der Waals surface area contributed by atoms with Crippen molar-refractivity contribution in [3.05, 3.63) is 57.6 Å². The van der Waals surface area contributed by atoms with E-state index in [-0.39, 0.29) is 11.8 Å². The van der Waals surface area contributed by atoms with Crippen molar-refractivity contribution in [2.45, 2.75) is 19.4 Å². The first kappa shape index (κ1) is 16.4. The maximum atomic E-state index is 11.9. The fraction of sp³-hybridized carbons (Fsp3) is 0.188. The van der Waals surface area contributed by atoms with Crippen molar-refractivity contribution in [2.75, 3.05) is 5.32 Å². The van der Waals surface area contributed by atoms with Crippen LogP contribution in [-0.4, -0.2) is 16.8 Å². The molecule has 0 aliphatic heterocycles. The second-order valence-electron chi connectivity index (χ2n) is 4.93. The standard InChI is InChI=1S/C16H15N3O3S2/c20-14(17-9-12-3-1-7-22-12)6-5-11-10-24-16(18-11)19-15(21)13-4-2-8-23-13/h1-4,7-8,10H,5-6,9H2,(H,17,20)(H,18,19,21). The monoisotopic (exact) mass is 361 g/mol. The highest BCUT2D eigenvalue weighted by Gasteiger charge is 2.11. The summed E-state index contributed by atoms with van der Waals surface area (Å²) in [5.41, 5.74) is 0.787. The molecule has 0 aliphatic rings. The highest BCUT2D eigenvalue weighted by molar-refractivity contribution is 7.14. The third-order valence-corrected chi connectivity index (χ3v) is 4.84. The van der Waals surface area contributed by atoms with Crippen molar-refractivity contribution in [2.24, 2.45) is 0 Å². The second-order valence-corrected chi connectivity index (χ2v) is 6.74. The molecule has 0 radical (unpaired) electrons. The third kappa shape index (κ3) is 4.53. The van der Waals surface area contributed by atoms with Gasteiger partial charge in [0.1, 0.15) is 5.76 Å². The van der Waals surface area contributed by atoms with Gasteiger partial charge in [-0.15, -0.1) is 22.7 Å². The van der Waals surface area contributed by atoms with Crippen LogP contribution < -0.4 is 10.6 Å². The maximum absolute atomic E-state index is 11.9. The van der Waals surface area contributed by atoms with Crippen LogP contribution in [0, 0.1) is 0 Å². The number of carbonyl (C=O) groups excluding carboxylic acids is 2. The Hall–Kier alpha value is -2.45. The van der Waals surface area contributed by atoms with Gasteiger partial charge in [-0.2, -0.15) is 0 Å². The van der Waals surface area contributed by atoms with Crippen LogP contribution in [0.25, 0.3) is 0 Å². The van der Waals surface area contributed by atoms with Gasteiger partial charge < -0.3 is 9.73 Å². The molecule has 0 spiro atoms. The molecule has 2 amide bonds. The van der Waals surface area contributed by atoms with Crippen molar-refractivity contribution in [3.63, 3.8) is 0 Å². The first-order valence-electron chi connectivity index (χ1n) is 7.29. The fourth-order valence-corrected chi connectivity index (χ4v) is 3.33. The number of aromatic nitrogens is 1. The Morgan fingerprint density at radius 3 is 2.88 bits per heavy atom. The number of rotatable bonds is 7. The Morgan fingerprint density at radius 2 is 2.12 bits per heavy atom. The van der Waals surface area contributed by atoms with E-state index in [2.05, 4.69) is 15.6 Å². The summed E-state index contributed by atoms with van der Waals surface area (Å²) in [6, 6.07) is 7.18. The quantitative estimate of drug-likeness (QED) is 0.676. The molecule has 0 atom stereocenters. The van der Waals surface area contributed by atoms with E-state index in [1.807, 2.05) is 22.9 Å². The van der Waals surface area contributed by atoms with Gasteiger partial charge in [-0.25, -0.2) is 4.98 Å². The number of hydrogen-bond donors (Lipinski definition) is 2. The number of furan rings is 1. The molecule has 0 bridgehead atoms. The Bertz CT molecular complexity index is 795. The van der Waals surface area contributed by atoms with Crippen LogP contribution in [0.15, 0.2) is 45.7 Å². The summed E-state index contributed by atoms with van der Waals surface area (Å²) in [5.74, 6) is 0.487. The van der Waals surface area contributed by atoms with Crippen molar-refractivity contribution in [1.29, 1.82) is 0 Å². The number of thiazole rings is 1. The summed E-state index contributed by atoms with van der Waals surface area (Å²) in [6.07, 6.45) is 2.43. The summed E-state index contributed by atoms with van der Waals surface area (Å²) < 4.78 is 5.15. The van der Waals surface area contributed by atoms with Crippen molar-refractivity contribution in [3.8, 4) is 0 Å². The lowest BCUT2D eigenvalue weighted by molar-refractivity contribution is -0.121. The first-order chi connectivity index (χ1) is 11.7. The van der Waals surface area contributed by atoms with Crippen molar-refractivity contribution in [1.82, 2.24) is 10.3 Å². The van der Waals surface area contributed by atoms with Crippen LogP contribution in [0.5, 0.6) is 0 Å². The Kier molecular flexibility index (Phi) is 5.39. The number of thiophene rings is 1. The molecule has 8 heteroatoms. The molecule has 2 N–H and O–H groups in total. The van der Waals surface area contributed by atoms with Crippen LogP contribution in [0.3, 0.4) is 0 Å². The molecule has 0 fully saturated rings. The lowest BCUT2D eigenvalue weighted by Crippen LogP contribution is -2.22. The zero-order chi connectivity index (χ0) is 16.8. The average molecular weight is 361 g/mol. The number of aryl methyl sites for hydroxylation is 1. The third-order valence-electron chi connectivity index (χ3n) is 3.17. The molecule has 3 aromatic heterocycles. The maximum Gasteiger partial charge on any atom is 0.267 e. The highest BCUT2D eigenvalue weighted by Crippen LogP contribution is 2.18. The van der Waals surface area contributed by atoms with Gasteiger partial charge in [-0.1, -0.05) is 6.07 Å². The van der Waals surface area contributed by atoms with E-state index in [1.54, 1.807) is 18.4 Å². The van der Waals surface area contributed by atoms with Gasteiger partial charge in [0.05, 0.1) is 23.4 Å². The van der Waals surface area contributed by atoms with Gasteiger partial charge in [0.15, 0.2) is 5.13 Å². The predicted octanol–water partition coefficient (Wildman–Crippen LogP) is 3.30. The number of carbonyl (C=O) groups is 2. The zero-order valence-corrected chi connectivity index (χ0v) is 14.3. The van der Waals surface area contributed by atoms with E-state index in [9.17, 15) is 9.59 Å². The van der Waals surface area contributed by atoms with Gasteiger partial charge in [-0.05, 0) is 30.0 Å².